The van der Waals surface area contributed by atoms with Crippen LogP contribution in [0.2, 0.25) is 0 Å². The molecule has 0 aromatic heterocycles. The molecule has 1 unspecified atom stereocenters. The fraction of sp³-hybridized carbons (Fsp3) is 0.692. The van der Waals surface area contributed by atoms with Crippen LogP contribution in [0.15, 0.2) is 24.3 Å². The number of benzene rings is 1. The highest BCUT2D eigenvalue weighted by Gasteiger charge is 2.52. The lowest BCUT2D eigenvalue weighted by atomic mass is 9.59. The number of nitrogens with zero attached hydrogens (tertiary/aromatic N) is 3. The Hall–Kier alpha value is -2.08. The summed E-state index contributed by atoms with van der Waals surface area (Å²) in [6.07, 6.45) is 6.83. The Labute approximate surface area is 191 Å². The monoisotopic (exact) mass is 439 g/mol. The lowest BCUT2D eigenvalue weighted by molar-refractivity contribution is -0.155. The number of piperazine rings is 1. The number of rotatable bonds is 4. The maximum atomic E-state index is 13.6. The van der Waals surface area contributed by atoms with E-state index in [9.17, 15) is 14.7 Å². The zero-order valence-electron chi connectivity index (χ0n) is 19.5. The first-order valence-electron chi connectivity index (χ1n) is 12.5. The molecule has 1 N–H and O–H groups in total. The number of piperidine rings is 1. The number of carbonyl (C=O) groups is 2. The van der Waals surface area contributed by atoms with Crippen molar-refractivity contribution in [3.63, 3.8) is 0 Å². The molecule has 1 spiro atoms. The first-order chi connectivity index (χ1) is 15.4. The first kappa shape index (κ1) is 21.7. The zero-order valence-corrected chi connectivity index (χ0v) is 19.5. The molecule has 1 atom stereocenters. The smallest absolute Gasteiger partial charge is 0.407 e. The van der Waals surface area contributed by atoms with E-state index >= 15 is 0 Å². The Morgan fingerprint density at radius 1 is 1.09 bits per heavy atom. The maximum absolute atomic E-state index is 13.6. The van der Waals surface area contributed by atoms with Crippen molar-refractivity contribution in [1.82, 2.24) is 14.7 Å². The van der Waals surface area contributed by atoms with Gasteiger partial charge < -0.3 is 14.9 Å². The predicted molar refractivity (Wildman–Crippen MR) is 124 cm³/mol. The molecule has 1 aromatic rings. The van der Waals surface area contributed by atoms with Gasteiger partial charge in [-0.25, -0.2) is 4.79 Å². The summed E-state index contributed by atoms with van der Waals surface area (Å²) in [6, 6.07) is 9.69. The van der Waals surface area contributed by atoms with Gasteiger partial charge in [0.05, 0.1) is 12.6 Å². The van der Waals surface area contributed by atoms with Crippen molar-refractivity contribution < 1.29 is 14.7 Å². The second-order valence-electron chi connectivity index (χ2n) is 10.9. The van der Waals surface area contributed by atoms with E-state index in [1.54, 1.807) is 4.90 Å². The van der Waals surface area contributed by atoms with Crippen molar-refractivity contribution in [2.24, 2.45) is 5.41 Å². The van der Waals surface area contributed by atoms with E-state index < -0.39 is 6.09 Å². The number of likely N-dealkylation sites (tertiary alicyclic amines) is 1. The average Bonchev–Trinajstić information content (AvgIpc) is 2.70. The van der Waals surface area contributed by atoms with Gasteiger partial charge in [-0.1, -0.05) is 44.5 Å². The quantitative estimate of drug-likeness (QED) is 0.752. The first-order valence-corrected chi connectivity index (χ1v) is 12.5. The highest BCUT2D eigenvalue weighted by atomic mass is 16.4. The van der Waals surface area contributed by atoms with Gasteiger partial charge in [0.2, 0.25) is 5.91 Å². The van der Waals surface area contributed by atoms with Gasteiger partial charge >= 0.3 is 6.09 Å². The van der Waals surface area contributed by atoms with Crippen molar-refractivity contribution in [1.29, 1.82) is 0 Å². The Morgan fingerprint density at radius 3 is 2.38 bits per heavy atom. The number of carbonyl (C=O) groups excluding carboxylic acids is 1. The molecule has 2 amide bonds. The molecule has 2 saturated heterocycles. The molecule has 5 rings (SSSR count). The van der Waals surface area contributed by atoms with Gasteiger partial charge in [-0.3, -0.25) is 9.69 Å². The van der Waals surface area contributed by atoms with Crippen molar-refractivity contribution in [2.75, 3.05) is 26.2 Å². The molecule has 1 aromatic carbocycles. The van der Waals surface area contributed by atoms with Gasteiger partial charge in [0.25, 0.3) is 0 Å². The van der Waals surface area contributed by atoms with Gasteiger partial charge in [-0.05, 0) is 61.0 Å². The molecule has 2 heterocycles. The summed E-state index contributed by atoms with van der Waals surface area (Å²) >= 11 is 0. The van der Waals surface area contributed by atoms with Gasteiger partial charge in [-0.15, -0.1) is 0 Å². The topological polar surface area (TPSA) is 64.1 Å². The van der Waals surface area contributed by atoms with E-state index in [-0.39, 0.29) is 23.4 Å². The molecular formula is C26H37N3O3. The second-order valence-corrected chi connectivity index (χ2v) is 10.9. The predicted octanol–water partition coefficient (Wildman–Crippen LogP) is 4.47. The minimum absolute atomic E-state index is 0.122. The molecule has 32 heavy (non-hydrogen) atoms. The molecule has 2 aliphatic heterocycles. The summed E-state index contributed by atoms with van der Waals surface area (Å²) in [5.41, 5.74) is 2.90. The Kier molecular flexibility index (Phi) is 5.68. The maximum Gasteiger partial charge on any atom is 0.407 e. The number of carboxylic acid groups (broad SMARTS) is 1. The molecule has 6 nitrogen and oxygen atoms in total. The van der Waals surface area contributed by atoms with Crippen LogP contribution in [0, 0.1) is 5.41 Å². The Balaban J connectivity index is 1.37. The molecule has 6 heteroatoms. The van der Waals surface area contributed by atoms with Crippen LogP contribution in [0.4, 0.5) is 4.79 Å². The van der Waals surface area contributed by atoms with Crippen LogP contribution in [0.25, 0.3) is 0 Å². The minimum atomic E-state index is -0.802. The second kappa shape index (κ2) is 8.36. The minimum Gasteiger partial charge on any atom is -0.465 e. The summed E-state index contributed by atoms with van der Waals surface area (Å²) in [6.45, 7) is 7.24. The van der Waals surface area contributed by atoms with E-state index in [4.69, 9.17) is 0 Å². The molecule has 4 fully saturated rings. The highest BCUT2D eigenvalue weighted by molar-refractivity contribution is 5.80. The normalized spacial score (nSPS) is 27.0. The third-order valence-corrected chi connectivity index (χ3v) is 8.76. The summed E-state index contributed by atoms with van der Waals surface area (Å²) in [5.74, 6) is 0.713. The highest BCUT2D eigenvalue weighted by Crippen LogP contribution is 2.53. The lowest BCUT2D eigenvalue weighted by Crippen LogP contribution is -2.63. The number of amides is 2. The van der Waals surface area contributed by atoms with E-state index in [0.29, 0.717) is 31.6 Å². The van der Waals surface area contributed by atoms with Crippen LogP contribution < -0.4 is 0 Å². The van der Waals surface area contributed by atoms with Crippen LogP contribution in [0.5, 0.6) is 0 Å². The van der Waals surface area contributed by atoms with Gasteiger partial charge in [0.1, 0.15) is 0 Å². The summed E-state index contributed by atoms with van der Waals surface area (Å²) < 4.78 is 0. The molecular weight excluding hydrogens is 402 g/mol. The van der Waals surface area contributed by atoms with Crippen LogP contribution in [-0.2, 0) is 4.79 Å². The van der Waals surface area contributed by atoms with E-state index in [1.165, 1.54) is 30.4 Å². The average molecular weight is 440 g/mol. The van der Waals surface area contributed by atoms with E-state index in [2.05, 4.69) is 47.9 Å². The number of hydrogen-bond donors (Lipinski definition) is 1. The van der Waals surface area contributed by atoms with Crippen molar-refractivity contribution in [3.05, 3.63) is 35.4 Å². The standard InChI is InChI=1S/C26H37N3O3/c1-18(2)21-8-3-4-9-22(21)23-16-28(19-6-5-7-19)17-24(30)29(23)20-14-26(15-20)10-12-27(13-11-26)25(31)32/h3-4,8-9,18-20,23H,5-7,10-17H2,1-2H3,(H,31,32). The fourth-order valence-electron chi connectivity index (χ4n) is 6.60. The lowest BCUT2D eigenvalue weighted by Gasteiger charge is -2.58. The Bertz CT molecular complexity index is 865. The van der Waals surface area contributed by atoms with E-state index in [1.807, 2.05) is 0 Å². The Morgan fingerprint density at radius 2 is 1.78 bits per heavy atom. The summed E-state index contributed by atoms with van der Waals surface area (Å²) in [4.78, 5) is 31.1. The third kappa shape index (κ3) is 3.81. The number of hydrogen-bond acceptors (Lipinski definition) is 3. The van der Waals surface area contributed by atoms with Crippen LogP contribution in [0.3, 0.4) is 0 Å². The molecule has 174 valence electrons. The molecule has 0 bridgehead atoms. The molecule has 2 aliphatic carbocycles. The SMILES string of the molecule is CC(C)c1ccccc1C1CN(C2CCC2)CC(=O)N1C1CC2(CCN(C(=O)O)CC2)C1. The summed E-state index contributed by atoms with van der Waals surface area (Å²) in [5, 5.41) is 9.28. The third-order valence-electron chi connectivity index (χ3n) is 8.76. The van der Waals surface area contributed by atoms with Crippen molar-refractivity contribution in [3.8, 4) is 0 Å². The molecule has 4 aliphatic rings. The molecule has 2 saturated carbocycles. The van der Waals surface area contributed by atoms with Gasteiger partial charge in [0.15, 0.2) is 0 Å². The fourth-order valence-corrected chi connectivity index (χ4v) is 6.60. The zero-order chi connectivity index (χ0) is 22.5. The largest absolute Gasteiger partial charge is 0.465 e. The van der Waals surface area contributed by atoms with Crippen LogP contribution >= 0.6 is 0 Å². The summed E-state index contributed by atoms with van der Waals surface area (Å²) in [7, 11) is 0. The molecule has 0 radical (unpaired) electrons. The van der Waals surface area contributed by atoms with Crippen molar-refractivity contribution >= 4 is 12.0 Å². The van der Waals surface area contributed by atoms with Crippen LogP contribution in [0.1, 0.15) is 81.9 Å². The van der Waals surface area contributed by atoms with Gasteiger partial charge in [-0.2, -0.15) is 0 Å². The van der Waals surface area contributed by atoms with Crippen molar-refractivity contribution in [2.45, 2.75) is 82.8 Å². The van der Waals surface area contributed by atoms with E-state index in [0.717, 1.165) is 32.2 Å². The van der Waals surface area contributed by atoms with Gasteiger partial charge in [0, 0.05) is 31.7 Å². The van der Waals surface area contributed by atoms with Crippen LogP contribution in [-0.4, -0.2) is 70.1 Å².